The predicted molar refractivity (Wildman–Crippen MR) is 155 cm³/mol. The van der Waals surface area contributed by atoms with Gasteiger partial charge in [0.15, 0.2) is 23.0 Å². The van der Waals surface area contributed by atoms with Gasteiger partial charge in [0.05, 0.1) is 41.2 Å². The van der Waals surface area contributed by atoms with Crippen molar-refractivity contribution >= 4 is 40.7 Å². The van der Waals surface area contributed by atoms with E-state index in [0.29, 0.717) is 34.4 Å². The molecule has 0 saturated carbocycles. The van der Waals surface area contributed by atoms with Crippen LogP contribution in [-0.4, -0.2) is 46.0 Å². The largest absolute Gasteiger partial charge is 0.493 e. The number of anilines is 1. The van der Waals surface area contributed by atoms with Crippen LogP contribution in [0.15, 0.2) is 60.8 Å². The molecule has 0 fully saturated rings. The summed E-state index contributed by atoms with van der Waals surface area (Å²) < 4.78 is 29.4. The molecule has 0 spiro atoms. The zero-order valence-electron chi connectivity index (χ0n) is 22.9. The Hall–Kier alpha value is -4.85. The molecule has 1 N–H and O–H groups in total. The van der Waals surface area contributed by atoms with E-state index in [2.05, 4.69) is 5.32 Å². The highest BCUT2D eigenvalue weighted by molar-refractivity contribution is 6.04. The van der Waals surface area contributed by atoms with Crippen molar-refractivity contribution in [2.75, 3.05) is 40.9 Å². The highest BCUT2D eigenvalue weighted by atomic mass is 16.5. The second-order valence-electron chi connectivity index (χ2n) is 8.63. The maximum Gasteiger partial charge on any atom is 0.248 e. The molecule has 0 bridgehead atoms. The van der Waals surface area contributed by atoms with E-state index >= 15 is 0 Å². The van der Waals surface area contributed by atoms with E-state index in [1.807, 2.05) is 78.5 Å². The average Bonchev–Trinajstić information content (AvgIpc) is 3.29. The lowest BCUT2D eigenvalue weighted by Crippen LogP contribution is -2.09. The van der Waals surface area contributed by atoms with Crippen molar-refractivity contribution in [2.45, 2.75) is 0 Å². The number of rotatable bonds is 10. The molecule has 0 unspecified atom stereocenters. The molecule has 1 heterocycles. The molecule has 0 aliphatic heterocycles. The monoisotopic (exact) mass is 528 g/mol. The summed E-state index contributed by atoms with van der Waals surface area (Å²) in [6, 6.07) is 15.4. The fraction of sp³-hybridized carbons (Fsp3) is 0.194. The molecule has 4 rings (SSSR count). The maximum atomic E-state index is 12.9. The Morgan fingerprint density at radius 1 is 0.744 bits per heavy atom. The number of methoxy groups -OCH3 is 5. The molecule has 0 atom stereocenters. The van der Waals surface area contributed by atoms with Crippen LogP contribution in [0.2, 0.25) is 0 Å². The van der Waals surface area contributed by atoms with Crippen molar-refractivity contribution in [1.82, 2.24) is 4.57 Å². The number of hydrogen-bond acceptors (Lipinski definition) is 6. The van der Waals surface area contributed by atoms with E-state index in [1.165, 1.54) is 13.2 Å². The molecule has 202 valence electrons. The Bertz CT molecular complexity index is 1530. The van der Waals surface area contributed by atoms with Crippen LogP contribution in [-0.2, 0) is 11.8 Å². The van der Waals surface area contributed by atoms with Crippen molar-refractivity contribution in [3.63, 3.8) is 0 Å². The molecule has 39 heavy (non-hydrogen) atoms. The highest BCUT2D eigenvalue weighted by Gasteiger charge is 2.15. The van der Waals surface area contributed by atoms with Gasteiger partial charge in [-0.05, 0) is 47.5 Å². The quantitative estimate of drug-likeness (QED) is 0.200. The van der Waals surface area contributed by atoms with Crippen molar-refractivity contribution in [1.29, 1.82) is 0 Å². The number of carbonyl (C=O) groups excluding carboxylic acids is 1. The SMILES string of the molecule is COc1cc(/C=C/c2cc(OC)c(OC)c(OC)c2)cc(NC(=O)/C=C/c2cn(C)c3ccccc23)c1OC. The summed E-state index contributed by atoms with van der Waals surface area (Å²) in [4.78, 5) is 12.9. The maximum absolute atomic E-state index is 12.9. The predicted octanol–water partition coefficient (Wildman–Crippen LogP) is 6.04. The average molecular weight is 529 g/mol. The fourth-order valence-electron chi connectivity index (χ4n) is 4.41. The van der Waals surface area contributed by atoms with Crippen LogP contribution in [0.4, 0.5) is 5.69 Å². The van der Waals surface area contributed by atoms with Crippen molar-refractivity contribution in [3.8, 4) is 28.7 Å². The van der Waals surface area contributed by atoms with E-state index in [-0.39, 0.29) is 5.91 Å². The summed E-state index contributed by atoms with van der Waals surface area (Å²) >= 11 is 0. The molecule has 0 aliphatic rings. The third kappa shape index (κ3) is 5.85. The number of fused-ring (bicyclic) bond motifs is 1. The topological polar surface area (TPSA) is 80.2 Å². The van der Waals surface area contributed by atoms with Gasteiger partial charge in [0, 0.05) is 35.8 Å². The van der Waals surface area contributed by atoms with Crippen LogP contribution in [0.25, 0.3) is 29.1 Å². The van der Waals surface area contributed by atoms with Crippen LogP contribution in [0.3, 0.4) is 0 Å². The number of nitrogens with zero attached hydrogens (tertiary/aromatic N) is 1. The van der Waals surface area contributed by atoms with Gasteiger partial charge >= 0.3 is 0 Å². The molecular weight excluding hydrogens is 496 g/mol. The first-order chi connectivity index (χ1) is 18.9. The van der Waals surface area contributed by atoms with Gasteiger partial charge in [0.1, 0.15) is 0 Å². The highest BCUT2D eigenvalue weighted by Crippen LogP contribution is 2.40. The van der Waals surface area contributed by atoms with Crippen molar-refractivity contribution in [2.24, 2.45) is 7.05 Å². The fourth-order valence-corrected chi connectivity index (χ4v) is 4.41. The third-order valence-corrected chi connectivity index (χ3v) is 6.26. The number of aromatic nitrogens is 1. The van der Waals surface area contributed by atoms with E-state index in [4.69, 9.17) is 23.7 Å². The number of para-hydroxylation sites is 1. The molecule has 1 aromatic heterocycles. The molecule has 8 heteroatoms. The molecule has 1 amide bonds. The number of amides is 1. The molecule has 4 aromatic rings. The molecule has 0 radical (unpaired) electrons. The number of nitrogens with one attached hydrogen (secondary N) is 1. The van der Waals surface area contributed by atoms with Gasteiger partial charge in [-0.25, -0.2) is 0 Å². The molecule has 0 aliphatic carbocycles. The Labute approximate surface area is 228 Å². The van der Waals surface area contributed by atoms with Gasteiger partial charge in [-0.3, -0.25) is 4.79 Å². The smallest absolute Gasteiger partial charge is 0.248 e. The zero-order chi connectivity index (χ0) is 27.9. The third-order valence-electron chi connectivity index (χ3n) is 6.26. The van der Waals surface area contributed by atoms with Crippen LogP contribution >= 0.6 is 0 Å². The van der Waals surface area contributed by atoms with Gasteiger partial charge in [0.2, 0.25) is 11.7 Å². The number of benzene rings is 3. The van der Waals surface area contributed by atoms with Gasteiger partial charge in [-0.2, -0.15) is 0 Å². The minimum absolute atomic E-state index is 0.297. The summed E-state index contributed by atoms with van der Waals surface area (Å²) in [5.41, 5.74) is 4.15. The van der Waals surface area contributed by atoms with Crippen LogP contribution < -0.4 is 29.0 Å². The normalized spacial score (nSPS) is 11.2. The first kappa shape index (κ1) is 27.2. The first-order valence-corrected chi connectivity index (χ1v) is 12.2. The van der Waals surface area contributed by atoms with Crippen LogP contribution in [0, 0.1) is 0 Å². The second kappa shape index (κ2) is 12.1. The van der Waals surface area contributed by atoms with Crippen LogP contribution in [0.1, 0.15) is 16.7 Å². The Morgan fingerprint density at radius 3 is 1.90 bits per heavy atom. The molecular formula is C31H32N2O6. The summed E-state index contributed by atoms with van der Waals surface area (Å²) in [6.45, 7) is 0. The van der Waals surface area contributed by atoms with Gasteiger partial charge in [-0.1, -0.05) is 30.4 Å². The summed E-state index contributed by atoms with van der Waals surface area (Å²) in [6.07, 6.45) is 9.09. The van der Waals surface area contributed by atoms with Gasteiger partial charge in [-0.15, -0.1) is 0 Å². The Balaban J connectivity index is 1.62. The minimum Gasteiger partial charge on any atom is -0.493 e. The minimum atomic E-state index is -0.297. The van der Waals surface area contributed by atoms with Gasteiger partial charge in [0.25, 0.3) is 0 Å². The number of carbonyl (C=O) groups is 1. The molecule has 3 aromatic carbocycles. The lowest BCUT2D eigenvalue weighted by molar-refractivity contribution is -0.111. The Morgan fingerprint density at radius 2 is 1.31 bits per heavy atom. The van der Waals surface area contributed by atoms with E-state index in [1.54, 1.807) is 34.5 Å². The van der Waals surface area contributed by atoms with E-state index < -0.39 is 0 Å². The second-order valence-corrected chi connectivity index (χ2v) is 8.63. The summed E-state index contributed by atoms with van der Waals surface area (Å²) in [7, 11) is 9.77. The number of ether oxygens (including phenoxy) is 5. The van der Waals surface area contributed by atoms with E-state index in [9.17, 15) is 4.79 Å². The zero-order valence-corrected chi connectivity index (χ0v) is 22.9. The number of aryl methyl sites for hydroxylation is 1. The lowest BCUT2D eigenvalue weighted by atomic mass is 10.1. The standard InChI is InChI=1S/C31H32N2O6/c1-33-19-22(23-9-7-8-10-25(23)33)13-14-29(34)32-24-15-20(16-26(35-2)30(24)38-5)11-12-21-17-27(36-3)31(39-6)28(18-21)37-4/h7-19H,1-6H3,(H,32,34)/b12-11+,14-13+. The van der Waals surface area contributed by atoms with Gasteiger partial charge < -0.3 is 33.6 Å². The van der Waals surface area contributed by atoms with E-state index in [0.717, 1.165) is 27.6 Å². The summed E-state index contributed by atoms with van der Waals surface area (Å²) in [5.74, 6) is 2.23. The van der Waals surface area contributed by atoms with Crippen molar-refractivity contribution in [3.05, 3.63) is 77.5 Å². The first-order valence-electron chi connectivity index (χ1n) is 12.2. The molecule has 8 nitrogen and oxygen atoms in total. The van der Waals surface area contributed by atoms with Crippen LogP contribution in [0.5, 0.6) is 28.7 Å². The summed E-state index contributed by atoms with van der Waals surface area (Å²) in [5, 5.41) is 3.99. The Kier molecular flexibility index (Phi) is 8.46. The number of hydrogen-bond donors (Lipinski definition) is 1. The van der Waals surface area contributed by atoms with Crippen molar-refractivity contribution < 1.29 is 28.5 Å². The molecule has 0 saturated heterocycles. The lowest BCUT2D eigenvalue weighted by Gasteiger charge is -2.14.